The Hall–Kier alpha value is -3.00. The smallest absolute Gasteiger partial charge is 0.352 e. The molecule has 27 heavy (non-hydrogen) atoms. The lowest BCUT2D eigenvalue weighted by Crippen LogP contribution is -2.27. The largest absolute Gasteiger partial charge is 0.493 e. The average molecular weight is 436 g/mol. The fraction of sp³-hybridized carbons (Fsp3) is 0.158. The first kappa shape index (κ1) is 20.3. The van der Waals surface area contributed by atoms with E-state index in [-0.39, 0.29) is 11.4 Å². The molecule has 2 rings (SSSR count). The Kier molecular flexibility index (Phi) is 6.84. The molecule has 0 radical (unpaired) electrons. The summed E-state index contributed by atoms with van der Waals surface area (Å²) in [5, 5.41) is 11.9. The van der Waals surface area contributed by atoms with Gasteiger partial charge in [-0.05, 0) is 42.5 Å². The number of ether oxygens (including phenoxy) is 3. The lowest BCUT2D eigenvalue weighted by Gasteiger charge is -2.14. The summed E-state index contributed by atoms with van der Waals surface area (Å²) in [6, 6.07) is 9.76. The Morgan fingerprint density at radius 2 is 1.59 bits per heavy atom. The number of amides is 1. The van der Waals surface area contributed by atoms with E-state index in [1.807, 2.05) is 0 Å². The van der Waals surface area contributed by atoms with Gasteiger partial charge in [0.2, 0.25) is 5.75 Å². The van der Waals surface area contributed by atoms with Crippen molar-refractivity contribution in [2.24, 2.45) is 0 Å². The summed E-state index contributed by atoms with van der Waals surface area (Å²) in [4.78, 5) is 23.9. The molecule has 0 aliphatic rings. The van der Waals surface area contributed by atoms with Crippen molar-refractivity contribution in [3.63, 3.8) is 0 Å². The zero-order chi connectivity index (χ0) is 20.0. The van der Waals surface area contributed by atoms with Gasteiger partial charge < -0.3 is 24.6 Å². The Morgan fingerprint density at radius 1 is 0.963 bits per heavy atom. The Bertz CT molecular complexity index is 877. The number of benzene rings is 2. The van der Waals surface area contributed by atoms with E-state index < -0.39 is 11.9 Å². The first-order valence-corrected chi connectivity index (χ1v) is 8.51. The van der Waals surface area contributed by atoms with Crippen LogP contribution in [0, 0.1) is 0 Å². The van der Waals surface area contributed by atoms with Crippen molar-refractivity contribution in [2.75, 3.05) is 21.3 Å². The lowest BCUT2D eigenvalue weighted by atomic mass is 10.1. The summed E-state index contributed by atoms with van der Waals surface area (Å²) in [7, 11) is 4.35. The van der Waals surface area contributed by atoms with Crippen LogP contribution in [0.1, 0.15) is 15.9 Å². The third-order valence-electron chi connectivity index (χ3n) is 3.62. The van der Waals surface area contributed by atoms with Gasteiger partial charge in [0.1, 0.15) is 5.70 Å². The van der Waals surface area contributed by atoms with Crippen LogP contribution in [-0.4, -0.2) is 38.3 Å². The zero-order valence-corrected chi connectivity index (χ0v) is 16.5. The van der Waals surface area contributed by atoms with Crippen LogP contribution in [-0.2, 0) is 4.79 Å². The topological polar surface area (TPSA) is 94.1 Å². The fourth-order valence-electron chi connectivity index (χ4n) is 2.34. The summed E-state index contributed by atoms with van der Waals surface area (Å²) >= 11 is 3.28. The summed E-state index contributed by atoms with van der Waals surface area (Å²) in [5.74, 6) is -0.804. The highest BCUT2D eigenvalue weighted by molar-refractivity contribution is 9.10. The molecular weight excluding hydrogens is 418 g/mol. The van der Waals surface area contributed by atoms with Gasteiger partial charge in [0.25, 0.3) is 5.91 Å². The van der Waals surface area contributed by atoms with E-state index in [2.05, 4.69) is 21.2 Å². The number of carbonyl (C=O) groups excluding carboxylic acids is 1. The molecular formula is C19H18BrNO6. The van der Waals surface area contributed by atoms with Gasteiger partial charge in [0.15, 0.2) is 11.5 Å². The van der Waals surface area contributed by atoms with Crippen LogP contribution in [0.15, 0.2) is 46.6 Å². The minimum atomic E-state index is -1.29. The number of nitrogens with one attached hydrogen (secondary N) is 1. The van der Waals surface area contributed by atoms with Crippen LogP contribution in [0.3, 0.4) is 0 Å². The second kappa shape index (κ2) is 9.09. The molecule has 0 fully saturated rings. The molecule has 0 aromatic heterocycles. The lowest BCUT2D eigenvalue weighted by molar-refractivity contribution is -0.132. The molecule has 0 spiro atoms. The first-order chi connectivity index (χ1) is 12.9. The van der Waals surface area contributed by atoms with E-state index in [1.54, 1.807) is 36.4 Å². The summed E-state index contributed by atoms with van der Waals surface area (Å²) in [6.07, 6.45) is 1.29. The third-order valence-corrected chi connectivity index (χ3v) is 4.15. The molecule has 1 amide bonds. The summed E-state index contributed by atoms with van der Waals surface area (Å²) < 4.78 is 16.6. The molecule has 0 saturated heterocycles. The second-order valence-electron chi connectivity index (χ2n) is 5.25. The fourth-order valence-corrected chi connectivity index (χ4v) is 2.60. The molecule has 0 aliphatic heterocycles. The van der Waals surface area contributed by atoms with Crippen LogP contribution in [0.4, 0.5) is 0 Å². The van der Waals surface area contributed by atoms with Crippen molar-refractivity contribution < 1.29 is 28.9 Å². The number of carbonyl (C=O) groups is 2. The maximum absolute atomic E-state index is 12.3. The van der Waals surface area contributed by atoms with E-state index in [1.165, 1.54) is 27.4 Å². The Labute approximate surface area is 164 Å². The van der Waals surface area contributed by atoms with Gasteiger partial charge in [-0.2, -0.15) is 0 Å². The van der Waals surface area contributed by atoms with Gasteiger partial charge in [-0.1, -0.05) is 15.9 Å². The highest BCUT2D eigenvalue weighted by Crippen LogP contribution is 2.40. The Balaban J connectivity index is 2.42. The van der Waals surface area contributed by atoms with Crippen molar-refractivity contribution in [1.29, 1.82) is 0 Å². The average Bonchev–Trinajstić information content (AvgIpc) is 2.67. The van der Waals surface area contributed by atoms with Crippen molar-refractivity contribution in [2.45, 2.75) is 0 Å². The van der Waals surface area contributed by atoms with Crippen molar-refractivity contribution in [3.05, 3.63) is 57.7 Å². The minimum absolute atomic E-state index is 0.286. The molecule has 142 valence electrons. The van der Waals surface area contributed by atoms with Crippen LogP contribution >= 0.6 is 15.9 Å². The van der Waals surface area contributed by atoms with Gasteiger partial charge in [0.05, 0.1) is 21.3 Å². The maximum atomic E-state index is 12.3. The van der Waals surface area contributed by atoms with Crippen LogP contribution in [0.5, 0.6) is 17.2 Å². The molecule has 0 heterocycles. The van der Waals surface area contributed by atoms with E-state index in [0.717, 1.165) is 4.47 Å². The maximum Gasteiger partial charge on any atom is 0.352 e. The van der Waals surface area contributed by atoms with Gasteiger partial charge >= 0.3 is 5.97 Å². The number of rotatable bonds is 7. The van der Waals surface area contributed by atoms with E-state index in [0.29, 0.717) is 22.6 Å². The third kappa shape index (κ3) is 4.79. The summed E-state index contributed by atoms with van der Waals surface area (Å²) in [6.45, 7) is 0. The molecule has 8 heteroatoms. The number of halogens is 1. The molecule has 0 unspecified atom stereocenters. The van der Waals surface area contributed by atoms with Gasteiger partial charge in [-0.15, -0.1) is 0 Å². The molecule has 7 nitrogen and oxygen atoms in total. The van der Waals surface area contributed by atoms with E-state index in [9.17, 15) is 14.7 Å². The number of hydrogen-bond donors (Lipinski definition) is 2. The number of methoxy groups -OCH3 is 3. The van der Waals surface area contributed by atoms with Crippen LogP contribution in [0.25, 0.3) is 6.08 Å². The van der Waals surface area contributed by atoms with Gasteiger partial charge in [-0.3, -0.25) is 4.79 Å². The molecule has 2 aromatic carbocycles. The SMILES string of the molecule is COc1ccc(C=C(NC(=O)c2ccc(Br)cc2)C(=O)O)c(OC)c1OC. The van der Waals surface area contributed by atoms with Crippen molar-refractivity contribution in [3.8, 4) is 17.2 Å². The van der Waals surface area contributed by atoms with Gasteiger partial charge in [0, 0.05) is 15.6 Å². The molecule has 2 aromatic rings. The highest BCUT2D eigenvalue weighted by atomic mass is 79.9. The van der Waals surface area contributed by atoms with Crippen LogP contribution < -0.4 is 19.5 Å². The van der Waals surface area contributed by atoms with Crippen molar-refractivity contribution in [1.82, 2.24) is 5.32 Å². The molecule has 0 bridgehead atoms. The zero-order valence-electron chi connectivity index (χ0n) is 14.9. The van der Waals surface area contributed by atoms with E-state index >= 15 is 0 Å². The standard InChI is InChI=1S/C19H18BrNO6/c1-25-15-9-6-12(16(26-2)17(15)27-3)10-14(19(23)24)21-18(22)11-4-7-13(20)8-5-11/h4-10H,1-3H3,(H,21,22)(H,23,24). The minimum Gasteiger partial charge on any atom is -0.493 e. The number of hydrogen-bond acceptors (Lipinski definition) is 5. The highest BCUT2D eigenvalue weighted by Gasteiger charge is 2.18. The predicted octanol–water partition coefficient (Wildman–Crippen LogP) is 3.33. The number of carboxylic acid groups (broad SMARTS) is 1. The molecule has 2 N–H and O–H groups in total. The molecule has 0 atom stereocenters. The molecule has 0 aliphatic carbocycles. The van der Waals surface area contributed by atoms with Crippen molar-refractivity contribution >= 4 is 33.9 Å². The number of carboxylic acids is 1. The first-order valence-electron chi connectivity index (χ1n) is 7.72. The Morgan fingerprint density at radius 3 is 2.11 bits per heavy atom. The monoisotopic (exact) mass is 435 g/mol. The second-order valence-corrected chi connectivity index (χ2v) is 6.16. The predicted molar refractivity (Wildman–Crippen MR) is 103 cm³/mol. The quantitative estimate of drug-likeness (QED) is 0.647. The molecule has 0 saturated carbocycles. The normalized spacial score (nSPS) is 10.9. The number of aliphatic carboxylic acids is 1. The van der Waals surface area contributed by atoms with Gasteiger partial charge in [-0.25, -0.2) is 4.79 Å². The van der Waals surface area contributed by atoms with E-state index in [4.69, 9.17) is 14.2 Å². The van der Waals surface area contributed by atoms with Crippen LogP contribution in [0.2, 0.25) is 0 Å². The summed E-state index contributed by atoms with van der Waals surface area (Å²) in [5.41, 5.74) is 0.418.